The average molecular weight is 538 g/mol. The smallest absolute Gasteiger partial charge is 0.295 e. The van der Waals surface area contributed by atoms with Crippen LogP contribution in [0, 0.1) is 12.8 Å². The third kappa shape index (κ3) is 4.80. The van der Waals surface area contributed by atoms with Gasteiger partial charge in [0.15, 0.2) is 0 Å². The van der Waals surface area contributed by atoms with Gasteiger partial charge in [0.2, 0.25) is 5.91 Å². The molecule has 2 bridgehead atoms. The number of pyridine rings is 1. The Balaban J connectivity index is 1.29. The number of carbonyl (C=O) groups is 1. The highest BCUT2D eigenvalue weighted by molar-refractivity contribution is 8.23. The summed E-state index contributed by atoms with van der Waals surface area (Å²) in [7, 11) is 1.81. The summed E-state index contributed by atoms with van der Waals surface area (Å²) < 4.78 is 5.90. The van der Waals surface area contributed by atoms with Gasteiger partial charge in [-0.15, -0.1) is 0 Å². The molecule has 2 aliphatic heterocycles. The van der Waals surface area contributed by atoms with Gasteiger partial charge in [0.1, 0.15) is 10.0 Å². The highest BCUT2D eigenvalue weighted by Gasteiger charge is 2.36. The molecule has 0 spiro atoms. The molecule has 0 saturated carbocycles. The van der Waals surface area contributed by atoms with Crippen LogP contribution in [0.4, 0.5) is 5.69 Å². The molecule has 194 valence electrons. The third-order valence-electron chi connectivity index (χ3n) is 7.45. The lowest BCUT2D eigenvalue weighted by Gasteiger charge is -2.43. The van der Waals surface area contributed by atoms with Crippen LogP contribution in [0.1, 0.15) is 37.1 Å². The zero-order valence-corrected chi connectivity index (χ0v) is 22.8. The van der Waals surface area contributed by atoms with Crippen LogP contribution in [-0.2, 0) is 18.4 Å². The highest BCUT2D eigenvalue weighted by Crippen LogP contribution is 2.36. The number of para-hydroxylation sites is 1. The number of thioether (sulfide) groups is 1. The third-order valence-corrected chi connectivity index (χ3v) is 9.29. The van der Waals surface area contributed by atoms with Gasteiger partial charge in [-0.3, -0.25) is 19.1 Å². The lowest BCUT2D eigenvalue weighted by Crippen LogP contribution is -2.48. The number of likely N-dealkylation sites (tertiary alicyclic amines) is 1. The Morgan fingerprint density at radius 3 is 2.59 bits per heavy atom. The number of nitrogens with zero attached hydrogens (tertiary/aromatic N) is 4. The largest absolute Gasteiger partial charge is 0.356 e. The predicted molar refractivity (Wildman–Crippen MR) is 152 cm³/mol. The van der Waals surface area contributed by atoms with Crippen LogP contribution in [0.5, 0.6) is 0 Å². The van der Waals surface area contributed by atoms with E-state index in [-0.39, 0.29) is 28.6 Å². The van der Waals surface area contributed by atoms with Gasteiger partial charge in [-0.2, -0.15) is 0 Å². The summed E-state index contributed by atoms with van der Waals surface area (Å²) in [5, 5.41) is 2.47. The number of benzene rings is 1. The van der Waals surface area contributed by atoms with Gasteiger partial charge in [0, 0.05) is 44.4 Å². The van der Waals surface area contributed by atoms with Crippen LogP contribution in [0.3, 0.4) is 0 Å². The first-order chi connectivity index (χ1) is 17.8. The molecule has 10 heteroatoms. The van der Waals surface area contributed by atoms with E-state index in [1.165, 1.54) is 11.8 Å². The Labute approximate surface area is 225 Å². The monoisotopic (exact) mass is 537 g/mol. The van der Waals surface area contributed by atoms with E-state index >= 15 is 0 Å². The number of anilines is 1. The molecule has 3 aromatic rings. The van der Waals surface area contributed by atoms with E-state index in [4.69, 9.17) is 12.2 Å². The number of hydrogen-bond donors (Lipinski definition) is 1. The highest BCUT2D eigenvalue weighted by atomic mass is 32.2. The van der Waals surface area contributed by atoms with Crippen molar-refractivity contribution in [2.75, 3.05) is 18.4 Å². The van der Waals surface area contributed by atoms with Gasteiger partial charge in [-0.1, -0.05) is 55.2 Å². The lowest BCUT2D eigenvalue weighted by molar-refractivity contribution is -0.115. The second-order valence-corrected chi connectivity index (χ2v) is 11.6. The fourth-order valence-electron chi connectivity index (χ4n) is 5.48. The molecule has 0 unspecified atom stereocenters. The number of rotatable bonds is 5. The maximum atomic E-state index is 13.3. The quantitative estimate of drug-likeness (QED) is 0.502. The molecule has 1 amide bonds. The lowest BCUT2D eigenvalue weighted by atomic mass is 9.83. The summed E-state index contributed by atoms with van der Waals surface area (Å²) >= 11 is 7.20. The molecular weight excluding hydrogens is 506 g/mol. The number of carbonyl (C=O) groups excluding carboxylic acids is 1. The Morgan fingerprint density at radius 1 is 1.11 bits per heavy atom. The first-order valence-electron chi connectivity index (χ1n) is 12.6. The minimum atomic E-state index is -0.423. The average Bonchev–Trinajstić information content (AvgIpc) is 3.11. The zero-order valence-electron chi connectivity index (χ0n) is 21.2. The van der Waals surface area contributed by atoms with Crippen molar-refractivity contribution in [1.29, 1.82) is 0 Å². The van der Waals surface area contributed by atoms with Crippen LogP contribution in [0.2, 0.25) is 0 Å². The number of nitrogens with one attached hydrogen (secondary N) is 1. The molecule has 5 rings (SSSR count). The van der Waals surface area contributed by atoms with Gasteiger partial charge in [0.05, 0.1) is 16.6 Å². The van der Waals surface area contributed by atoms with Crippen molar-refractivity contribution in [3.63, 3.8) is 0 Å². The van der Waals surface area contributed by atoms with Crippen molar-refractivity contribution in [3.8, 4) is 5.69 Å². The number of thiocarbonyl (C=S) groups is 1. The van der Waals surface area contributed by atoms with E-state index in [0.717, 1.165) is 30.9 Å². The molecule has 4 heterocycles. The van der Waals surface area contributed by atoms with Gasteiger partial charge in [0.25, 0.3) is 11.1 Å². The van der Waals surface area contributed by atoms with E-state index in [1.807, 2.05) is 60.9 Å². The molecule has 2 aromatic heterocycles. The van der Waals surface area contributed by atoms with Crippen LogP contribution < -0.4 is 16.4 Å². The number of fused-ring (bicyclic) bond motifs is 4. The van der Waals surface area contributed by atoms with Crippen LogP contribution in [0.15, 0.2) is 58.1 Å². The molecule has 0 radical (unpaired) electrons. The van der Waals surface area contributed by atoms with Crippen LogP contribution >= 0.6 is 24.0 Å². The first-order valence-corrected chi connectivity index (χ1v) is 13.9. The maximum Gasteiger partial charge on any atom is 0.295 e. The number of piperidine rings is 1. The molecule has 1 saturated heterocycles. The van der Waals surface area contributed by atoms with Crippen molar-refractivity contribution in [2.45, 2.75) is 44.4 Å². The normalized spacial score (nSPS) is 19.3. The second kappa shape index (κ2) is 10.3. The molecule has 0 aliphatic carbocycles. The zero-order chi connectivity index (χ0) is 26.3. The van der Waals surface area contributed by atoms with Crippen molar-refractivity contribution in [3.05, 3.63) is 80.6 Å². The Hall–Kier alpha value is -3.11. The molecule has 37 heavy (non-hydrogen) atoms. The molecule has 1 N–H and O–H groups in total. The summed E-state index contributed by atoms with van der Waals surface area (Å²) in [5.41, 5.74) is 2.57. The first kappa shape index (κ1) is 25.5. The molecule has 1 fully saturated rings. The van der Waals surface area contributed by atoms with E-state index in [2.05, 4.69) is 10.2 Å². The fraction of sp³-hybridized carbons (Fsp3) is 0.407. The van der Waals surface area contributed by atoms with Crippen LogP contribution in [-0.4, -0.2) is 47.4 Å². The van der Waals surface area contributed by atoms with E-state index in [1.54, 1.807) is 22.5 Å². The fourth-order valence-corrected chi connectivity index (χ4v) is 6.85. The standard InChI is InChI=1S/C27H31N5O3S2/c1-4-22(25(34)28-24-17(2)29(3)32(26(24)35)20-9-6-5-7-10-20)37-27(36)30-14-18-13-19(16-30)21-11-8-12-23(33)31(21)15-18/h5-12,18-19,22H,4,13-16H2,1-3H3,(H,28,34)/t18-,19-,22+/m0/s1. The van der Waals surface area contributed by atoms with Crippen molar-refractivity contribution in [1.82, 2.24) is 18.8 Å². The molecule has 1 aromatic carbocycles. The van der Waals surface area contributed by atoms with Gasteiger partial charge in [-0.25, -0.2) is 4.68 Å². The number of amides is 1. The van der Waals surface area contributed by atoms with Gasteiger partial charge < -0.3 is 14.8 Å². The summed E-state index contributed by atoms with van der Waals surface area (Å²) in [4.78, 5) is 41.0. The van der Waals surface area contributed by atoms with E-state index < -0.39 is 5.25 Å². The van der Waals surface area contributed by atoms with Crippen molar-refractivity contribution >= 4 is 39.9 Å². The molecular formula is C27H31N5O3S2. The summed E-state index contributed by atoms with van der Waals surface area (Å²) in [6.07, 6.45) is 1.63. The number of hydrogen-bond acceptors (Lipinski definition) is 5. The van der Waals surface area contributed by atoms with Crippen molar-refractivity contribution < 1.29 is 4.79 Å². The predicted octanol–water partition coefficient (Wildman–Crippen LogP) is 3.50. The Morgan fingerprint density at radius 2 is 1.86 bits per heavy atom. The summed E-state index contributed by atoms with van der Waals surface area (Å²) in [6.45, 7) is 6.00. The summed E-state index contributed by atoms with van der Waals surface area (Å²) in [5.74, 6) is 0.370. The van der Waals surface area contributed by atoms with Gasteiger partial charge >= 0.3 is 0 Å². The minimum absolute atomic E-state index is 0.0582. The Bertz CT molecular complexity index is 1460. The molecule has 8 nitrogen and oxygen atoms in total. The van der Waals surface area contributed by atoms with Crippen LogP contribution in [0.25, 0.3) is 5.69 Å². The maximum absolute atomic E-state index is 13.3. The summed E-state index contributed by atoms with van der Waals surface area (Å²) in [6, 6.07) is 14.8. The second-order valence-electron chi connectivity index (χ2n) is 9.81. The van der Waals surface area contributed by atoms with E-state index in [0.29, 0.717) is 28.9 Å². The van der Waals surface area contributed by atoms with E-state index in [9.17, 15) is 14.4 Å². The minimum Gasteiger partial charge on any atom is -0.356 e. The molecule has 2 aliphatic rings. The van der Waals surface area contributed by atoms with Gasteiger partial charge in [-0.05, 0) is 43.9 Å². The Kier molecular flexibility index (Phi) is 7.13. The van der Waals surface area contributed by atoms with Crippen molar-refractivity contribution in [2.24, 2.45) is 13.0 Å². The SMILES string of the molecule is CC[C@@H](SC(=S)N1C[C@@H]2C[C@@H](C1)c1cccc(=O)n1C2)C(=O)Nc1c(C)n(C)n(-c2ccccc2)c1=O. The number of aromatic nitrogens is 3. The molecule has 3 atom stereocenters. The topological polar surface area (TPSA) is 81.3 Å².